The van der Waals surface area contributed by atoms with Gasteiger partial charge in [-0.3, -0.25) is 4.68 Å². The van der Waals surface area contributed by atoms with Gasteiger partial charge in [-0.15, -0.1) is 5.10 Å². The van der Waals surface area contributed by atoms with E-state index in [1.54, 1.807) is 13.8 Å². The largest absolute Gasteiger partial charge is 0.508 e. The van der Waals surface area contributed by atoms with E-state index in [-0.39, 0.29) is 23.0 Å². The van der Waals surface area contributed by atoms with Gasteiger partial charge in [-0.2, -0.15) is 0 Å². The highest BCUT2D eigenvalue weighted by atomic mass is 16.7. The summed E-state index contributed by atoms with van der Waals surface area (Å²) in [6, 6.07) is 1.28. The zero-order chi connectivity index (χ0) is 37.5. The monoisotopic (exact) mass is 534 g/mol. The second-order valence-electron chi connectivity index (χ2n) is 8.23. The van der Waals surface area contributed by atoms with Crippen LogP contribution in [0.2, 0.25) is 0 Å². The van der Waals surface area contributed by atoms with E-state index in [0.29, 0.717) is 5.75 Å². The third-order valence-electron chi connectivity index (χ3n) is 5.08. The van der Waals surface area contributed by atoms with Crippen molar-refractivity contribution in [2.45, 2.75) is 90.5 Å². The Balaban J connectivity index is 2.31. The van der Waals surface area contributed by atoms with Gasteiger partial charge in [0.1, 0.15) is 36.8 Å². The predicted molar refractivity (Wildman–Crippen MR) is 133 cm³/mol. The molecule has 0 bridgehead atoms. The maximum Gasteiger partial charge on any atom is 0.508 e. The molecular weight excluding hydrogens is 484 g/mol. The van der Waals surface area contributed by atoms with Gasteiger partial charge in [0.15, 0.2) is 0 Å². The maximum atomic E-state index is 11.7. The number of ether oxygens (including phenoxy) is 5. The van der Waals surface area contributed by atoms with Gasteiger partial charge in [0.05, 0.1) is 14.1 Å². The lowest BCUT2D eigenvalue weighted by Crippen LogP contribution is -2.60. The first-order valence-electron chi connectivity index (χ1n) is 17.4. The van der Waals surface area contributed by atoms with Crippen LogP contribution in [0.3, 0.4) is 0 Å². The highest BCUT2D eigenvalue weighted by Crippen LogP contribution is 2.31. The molecule has 1 aliphatic heterocycles. The number of aliphatic hydroxyl groups excluding tert-OH is 3. The number of carbonyl (C=O) groups excluding carboxylic acids is 1. The minimum atomic E-state index is -3.84. The first-order chi connectivity index (χ1) is 22.3. The van der Waals surface area contributed by atoms with E-state index in [1.165, 1.54) is 31.2 Å². The van der Waals surface area contributed by atoms with Gasteiger partial charge < -0.3 is 39.0 Å². The molecule has 1 aromatic carbocycles. The number of nitrogens with zero attached hydrogens (tertiary/aromatic N) is 2. The predicted octanol–water partition coefficient (Wildman–Crippen LogP) is 2.51. The lowest BCUT2D eigenvalue weighted by molar-refractivity contribution is -0.278. The van der Waals surface area contributed by atoms with E-state index in [9.17, 15) is 20.1 Å². The number of aliphatic hydroxyl groups is 3. The van der Waals surface area contributed by atoms with Crippen LogP contribution in [0.25, 0.3) is 0 Å². The molecule has 11 nitrogen and oxygen atoms in total. The second-order valence-corrected chi connectivity index (χ2v) is 8.23. The number of hydrogen-bond acceptors (Lipinski definition) is 10. The minimum absolute atomic E-state index is 0.0727. The molecule has 0 unspecified atom stereocenters. The quantitative estimate of drug-likeness (QED) is 0.389. The van der Waals surface area contributed by atoms with Gasteiger partial charge >= 0.3 is 6.16 Å². The standard InChI is InChI=1S/C26H38N2O9/c1-7-33-26(32)34-13-20-21(29)22(30)23(31)25(36-20)37-24-19(16(6)28(27-24)14(2)3)12-17-8-10-18(11-9-17)35-15(4)5/h8-11,14-15,20-23,25,29-31H,7,12-13H2,1-6H3/t20-,21-,22+,23-,25+/m1/s1/i2D3,3D3,6D3,12D2,14D. The summed E-state index contributed by atoms with van der Waals surface area (Å²) in [7, 11) is 0. The molecule has 0 amide bonds. The molecule has 5 atom stereocenters. The van der Waals surface area contributed by atoms with Crippen LogP contribution in [0, 0.1) is 6.85 Å². The Morgan fingerprint density at radius 3 is 2.54 bits per heavy atom. The summed E-state index contributed by atoms with van der Waals surface area (Å²) in [5, 5.41) is 35.5. The first-order valence-corrected chi connectivity index (χ1v) is 11.4. The molecule has 206 valence electrons. The van der Waals surface area contributed by atoms with Crippen LogP contribution < -0.4 is 9.47 Å². The summed E-state index contributed by atoms with van der Waals surface area (Å²) in [4.78, 5) is 11.7. The molecule has 3 N–H and O–H groups in total. The van der Waals surface area contributed by atoms with Crippen molar-refractivity contribution in [1.82, 2.24) is 9.78 Å². The van der Waals surface area contributed by atoms with Crippen molar-refractivity contribution in [3.8, 4) is 11.6 Å². The van der Waals surface area contributed by atoms with Gasteiger partial charge in [-0.1, -0.05) is 12.1 Å². The molecule has 2 aromatic rings. The lowest BCUT2D eigenvalue weighted by Gasteiger charge is -2.39. The Kier molecular flexibility index (Phi) is 5.51. The average molecular weight is 535 g/mol. The number of carbonyl (C=O) groups is 1. The van der Waals surface area contributed by atoms with Crippen molar-refractivity contribution in [3.05, 3.63) is 41.1 Å². The summed E-state index contributed by atoms with van der Waals surface area (Å²) >= 11 is 0. The Bertz CT molecular complexity index is 1430. The van der Waals surface area contributed by atoms with Crippen LogP contribution in [0.5, 0.6) is 11.6 Å². The highest BCUT2D eigenvalue weighted by molar-refractivity contribution is 5.59. The topological polar surface area (TPSA) is 142 Å². The van der Waals surface area contributed by atoms with Crippen molar-refractivity contribution in [1.29, 1.82) is 0 Å². The fraction of sp³-hybridized carbons (Fsp3) is 0.615. The molecule has 11 heteroatoms. The van der Waals surface area contributed by atoms with Crippen LogP contribution in [0.15, 0.2) is 24.3 Å². The zero-order valence-electron chi connectivity index (χ0n) is 32.4. The summed E-state index contributed by atoms with van der Waals surface area (Å²) in [5.41, 5.74) is -2.69. The molecule has 0 aliphatic carbocycles. The van der Waals surface area contributed by atoms with E-state index in [1.807, 2.05) is 0 Å². The first kappa shape index (κ1) is 16.2. The fourth-order valence-corrected chi connectivity index (χ4v) is 3.36. The van der Waals surface area contributed by atoms with Crippen LogP contribution in [-0.2, 0) is 20.6 Å². The molecule has 3 rings (SSSR count). The van der Waals surface area contributed by atoms with Gasteiger partial charge in [-0.05, 0) is 59.0 Å². The highest BCUT2D eigenvalue weighted by Gasteiger charge is 2.46. The Labute approximate surface area is 233 Å². The molecule has 1 saturated heterocycles. The second kappa shape index (κ2) is 12.6. The summed E-state index contributed by atoms with van der Waals surface area (Å²) in [6.07, 6.45) is -14.4. The Morgan fingerprint density at radius 1 is 1.19 bits per heavy atom. The molecule has 2 heterocycles. The number of hydrogen-bond donors (Lipinski definition) is 3. The van der Waals surface area contributed by atoms with Gasteiger partial charge in [-0.25, -0.2) is 4.79 Å². The number of benzene rings is 1. The van der Waals surface area contributed by atoms with E-state index in [0.717, 1.165) is 0 Å². The van der Waals surface area contributed by atoms with Gasteiger partial charge in [0, 0.05) is 38.7 Å². The summed E-state index contributed by atoms with van der Waals surface area (Å²) in [5.74, 6) is -0.837. The summed E-state index contributed by atoms with van der Waals surface area (Å²) in [6.45, 7) is -7.06. The zero-order valence-corrected chi connectivity index (χ0v) is 20.4. The number of aromatic nitrogens is 2. The lowest BCUT2D eigenvalue weighted by atomic mass is 9.99. The van der Waals surface area contributed by atoms with Crippen molar-refractivity contribution in [2.75, 3.05) is 13.2 Å². The Hall–Kier alpha value is -2.86. The molecule has 1 aromatic heterocycles. The van der Waals surface area contributed by atoms with E-state index in [2.05, 4.69) is 9.84 Å². The van der Waals surface area contributed by atoms with Crippen molar-refractivity contribution >= 4 is 6.16 Å². The SMILES string of the molecule is [2H]C([2H])([2H])c1c(C([2H])([2H])c2ccc(OC(C)C)cc2)c(O[C@@H]2O[C@H](COC(=O)OCC)[C@@H](O)[C@H](O)[C@H]2O)nn1C([2H])(C([2H])([2H])[2H])C([2H])([2H])[2H]. The van der Waals surface area contributed by atoms with E-state index >= 15 is 0 Å². The Morgan fingerprint density at radius 2 is 1.92 bits per heavy atom. The molecule has 0 saturated carbocycles. The smallest absolute Gasteiger partial charge is 0.491 e. The molecule has 1 aliphatic rings. The maximum absolute atomic E-state index is 11.7. The van der Waals surface area contributed by atoms with Crippen LogP contribution in [-0.4, -0.2) is 81.3 Å². The molecule has 1 fully saturated rings. The van der Waals surface area contributed by atoms with E-state index in [4.69, 9.17) is 35.4 Å². The van der Waals surface area contributed by atoms with Gasteiger partial charge in [0.25, 0.3) is 0 Å². The molecule has 0 radical (unpaired) electrons. The van der Waals surface area contributed by atoms with Crippen molar-refractivity contribution in [3.63, 3.8) is 0 Å². The minimum Gasteiger partial charge on any atom is -0.491 e. The third-order valence-corrected chi connectivity index (χ3v) is 5.08. The normalized spacial score (nSPS) is 30.3. The van der Waals surface area contributed by atoms with E-state index < -0.39 is 93.6 Å². The van der Waals surface area contributed by atoms with Crippen LogP contribution in [0.4, 0.5) is 4.79 Å². The van der Waals surface area contributed by atoms with Crippen molar-refractivity contribution in [2.24, 2.45) is 0 Å². The third kappa shape index (κ3) is 7.13. The fourth-order valence-electron chi connectivity index (χ4n) is 3.36. The van der Waals surface area contributed by atoms with Crippen LogP contribution in [0.1, 0.15) is 73.8 Å². The number of rotatable bonds is 10. The van der Waals surface area contributed by atoms with Gasteiger partial charge in [0.2, 0.25) is 12.2 Å². The average Bonchev–Trinajstić information content (AvgIpc) is 3.36. The van der Waals surface area contributed by atoms with Crippen molar-refractivity contribution < 1.29 is 60.2 Å². The summed E-state index contributed by atoms with van der Waals surface area (Å²) < 4.78 is 125. The van der Waals surface area contributed by atoms with Crippen LogP contribution >= 0.6 is 0 Å². The molecule has 0 spiro atoms. The molecular formula is C26H38N2O9. The molecule has 37 heavy (non-hydrogen) atoms.